The lowest BCUT2D eigenvalue weighted by Crippen LogP contribution is -2.10. The first-order chi connectivity index (χ1) is 14.3. The fraction of sp³-hybridized carbons (Fsp3) is 0.111. The lowest BCUT2D eigenvalue weighted by atomic mass is 10.1. The number of nitrogens with zero attached hydrogens (tertiary/aromatic N) is 3. The number of alkyl halides is 3. The third-order valence-electron chi connectivity index (χ3n) is 3.65. The fourth-order valence-electron chi connectivity index (χ4n) is 2.24. The average Bonchev–Trinajstić information content (AvgIpc) is 2.72. The van der Waals surface area contributed by atoms with Crippen LogP contribution in [-0.2, 0) is 12.8 Å². The highest BCUT2D eigenvalue weighted by atomic mass is 32.2. The molecule has 3 aromatic rings. The first kappa shape index (κ1) is 21.4. The van der Waals surface area contributed by atoms with E-state index < -0.39 is 30.0 Å². The maximum Gasteiger partial charge on any atom is 0.419 e. The van der Waals surface area contributed by atoms with Crippen molar-refractivity contribution in [1.82, 2.24) is 9.97 Å². The van der Waals surface area contributed by atoms with Crippen LogP contribution in [0, 0.1) is 16.5 Å². The number of rotatable bonds is 7. The van der Waals surface area contributed by atoms with Gasteiger partial charge in [0.15, 0.2) is 11.6 Å². The summed E-state index contributed by atoms with van der Waals surface area (Å²) >= 11 is 0.872. The van der Waals surface area contributed by atoms with E-state index in [1.54, 1.807) is 18.2 Å². The molecule has 0 unspecified atom stereocenters. The van der Waals surface area contributed by atoms with Crippen molar-refractivity contribution < 1.29 is 26.7 Å². The number of hydrogen-bond acceptors (Lipinski definition) is 7. The van der Waals surface area contributed by atoms with E-state index in [0.29, 0.717) is 17.0 Å². The molecule has 0 saturated carbocycles. The summed E-state index contributed by atoms with van der Waals surface area (Å²) in [5, 5.41) is 2.85. The van der Waals surface area contributed by atoms with Crippen LogP contribution in [-0.4, -0.2) is 9.97 Å². The van der Waals surface area contributed by atoms with Crippen molar-refractivity contribution in [2.45, 2.75) is 17.7 Å². The van der Waals surface area contributed by atoms with E-state index in [9.17, 15) is 26.9 Å². The number of nitrogens with one attached hydrogen (secondary N) is 1. The highest BCUT2D eigenvalue weighted by Crippen LogP contribution is 2.32. The zero-order valence-corrected chi connectivity index (χ0v) is 15.6. The van der Waals surface area contributed by atoms with Gasteiger partial charge in [0, 0.05) is 0 Å². The third kappa shape index (κ3) is 5.20. The Hall–Kier alpha value is -3.28. The number of ether oxygens (including phenoxy) is 1. The van der Waals surface area contributed by atoms with Crippen LogP contribution >= 0.6 is 11.9 Å². The molecule has 0 amide bonds. The van der Waals surface area contributed by atoms with Crippen molar-refractivity contribution in [2.75, 3.05) is 4.72 Å². The van der Waals surface area contributed by atoms with Gasteiger partial charge in [-0.3, -0.25) is 0 Å². The number of nitroso groups, excluding NO2 is 1. The van der Waals surface area contributed by atoms with E-state index in [1.807, 2.05) is 0 Å². The molecule has 0 atom stereocenters. The summed E-state index contributed by atoms with van der Waals surface area (Å²) in [5.41, 5.74) is -1.27. The fourth-order valence-corrected chi connectivity index (χ4v) is 2.95. The van der Waals surface area contributed by atoms with Crippen LogP contribution in [0.1, 0.15) is 11.1 Å². The number of aromatic nitrogens is 2. The summed E-state index contributed by atoms with van der Waals surface area (Å²) in [4.78, 5) is 18.6. The topological polar surface area (TPSA) is 76.5 Å². The van der Waals surface area contributed by atoms with Crippen LogP contribution < -0.4 is 9.46 Å². The van der Waals surface area contributed by atoms with Gasteiger partial charge in [0.25, 0.3) is 0 Å². The van der Waals surface area contributed by atoms with E-state index >= 15 is 0 Å². The molecule has 2 aromatic carbocycles. The van der Waals surface area contributed by atoms with Crippen LogP contribution in [0.25, 0.3) is 0 Å². The largest absolute Gasteiger partial charge is 0.459 e. The maximum absolute atomic E-state index is 13.9. The minimum atomic E-state index is -4.85. The zero-order valence-electron chi connectivity index (χ0n) is 14.8. The Morgan fingerprint density at radius 3 is 2.60 bits per heavy atom. The Labute approximate surface area is 170 Å². The summed E-state index contributed by atoms with van der Waals surface area (Å²) in [5.74, 6) is -2.51. The molecule has 1 N–H and O–H groups in total. The molecule has 3 rings (SSSR count). The monoisotopic (exact) mass is 442 g/mol. The van der Waals surface area contributed by atoms with Gasteiger partial charge in [0.2, 0.25) is 0 Å². The van der Waals surface area contributed by atoms with Gasteiger partial charge in [0.1, 0.15) is 18.1 Å². The Balaban J connectivity index is 1.70. The Morgan fingerprint density at radius 1 is 1.10 bits per heavy atom. The van der Waals surface area contributed by atoms with Gasteiger partial charge in [-0.05, 0) is 47.0 Å². The van der Waals surface area contributed by atoms with Crippen LogP contribution in [0.15, 0.2) is 58.7 Å². The lowest BCUT2D eigenvalue weighted by molar-refractivity contribution is -0.140. The van der Waals surface area contributed by atoms with Gasteiger partial charge >= 0.3 is 12.2 Å². The summed E-state index contributed by atoms with van der Waals surface area (Å²) in [6.07, 6.45) is -4.05. The van der Waals surface area contributed by atoms with Crippen molar-refractivity contribution in [3.05, 3.63) is 76.3 Å². The molecule has 1 aromatic heterocycles. The van der Waals surface area contributed by atoms with Crippen molar-refractivity contribution in [3.63, 3.8) is 0 Å². The van der Waals surface area contributed by atoms with Crippen molar-refractivity contribution in [1.29, 1.82) is 0 Å². The minimum Gasteiger partial charge on any atom is -0.459 e. The van der Waals surface area contributed by atoms with E-state index in [1.165, 1.54) is 6.07 Å². The molecule has 0 aliphatic rings. The average molecular weight is 442 g/mol. The molecule has 0 aliphatic heterocycles. The predicted molar refractivity (Wildman–Crippen MR) is 99.1 cm³/mol. The molecule has 0 spiro atoms. The third-order valence-corrected chi connectivity index (χ3v) is 4.51. The van der Waals surface area contributed by atoms with Crippen LogP contribution in [0.2, 0.25) is 0 Å². The Morgan fingerprint density at radius 2 is 1.87 bits per heavy atom. The molecule has 0 fully saturated rings. The summed E-state index contributed by atoms with van der Waals surface area (Å²) in [6, 6.07) is 8.40. The molecule has 0 bridgehead atoms. The van der Waals surface area contributed by atoms with Crippen LogP contribution in [0.5, 0.6) is 6.01 Å². The van der Waals surface area contributed by atoms with Gasteiger partial charge in [-0.1, -0.05) is 18.2 Å². The van der Waals surface area contributed by atoms with Crippen molar-refractivity contribution in [2.24, 2.45) is 5.18 Å². The summed E-state index contributed by atoms with van der Waals surface area (Å²) in [7, 11) is 0. The second kappa shape index (κ2) is 9.03. The van der Waals surface area contributed by atoms with E-state index in [0.717, 1.165) is 24.2 Å². The van der Waals surface area contributed by atoms with Gasteiger partial charge < -0.3 is 9.46 Å². The normalized spacial score (nSPS) is 11.2. The van der Waals surface area contributed by atoms with Gasteiger partial charge in [0.05, 0.1) is 16.7 Å². The van der Waals surface area contributed by atoms with Crippen LogP contribution in [0.3, 0.4) is 0 Å². The lowest BCUT2D eigenvalue weighted by Gasteiger charge is -2.11. The molecule has 30 heavy (non-hydrogen) atoms. The first-order valence-electron chi connectivity index (χ1n) is 8.14. The molecule has 12 heteroatoms. The Kier molecular flexibility index (Phi) is 6.45. The van der Waals surface area contributed by atoms with Crippen molar-refractivity contribution >= 4 is 23.5 Å². The van der Waals surface area contributed by atoms with Gasteiger partial charge in [-0.2, -0.15) is 18.2 Å². The van der Waals surface area contributed by atoms with E-state index in [4.69, 9.17) is 4.74 Å². The zero-order chi connectivity index (χ0) is 21.7. The molecular weight excluding hydrogens is 431 g/mol. The number of benzene rings is 2. The molecule has 0 radical (unpaired) electrons. The Bertz CT molecular complexity index is 1060. The number of anilines is 1. The highest BCUT2D eigenvalue weighted by Gasteiger charge is 2.34. The van der Waals surface area contributed by atoms with E-state index in [-0.39, 0.29) is 23.1 Å². The molecule has 0 saturated heterocycles. The van der Waals surface area contributed by atoms with E-state index in [2.05, 4.69) is 19.9 Å². The second-order valence-corrected chi connectivity index (χ2v) is 6.56. The smallest absolute Gasteiger partial charge is 0.419 e. The standard InChI is InChI=1S/C18H11F5N4O2S/c19-12-6-5-10(7-11(12)18(21,22)23)9-29-17-24-8-13(20)16(25-17)27-30-15-4-2-1-3-14(15)26-28/h1-8H,9H2,(H,24,25,27). The quantitative estimate of drug-likeness (QED) is 0.280. The molecular formula is C18H11F5N4O2S. The molecule has 0 aliphatic carbocycles. The predicted octanol–water partition coefficient (Wildman–Crippen LogP) is 5.87. The maximum atomic E-state index is 13.9. The first-order valence-corrected chi connectivity index (χ1v) is 8.96. The van der Waals surface area contributed by atoms with Gasteiger partial charge in [-0.25, -0.2) is 13.8 Å². The van der Waals surface area contributed by atoms with Crippen LogP contribution in [0.4, 0.5) is 33.5 Å². The molecule has 1 heterocycles. The SMILES string of the molecule is O=Nc1ccccc1SNc1nc(OCc2ccc(F)c(C(F)(F)F)c2)ncc1F. The van der Waals surface area contributed by atoms with Gasteiger partial charge in [-0.15, -0.1) is 4.91 Å². The molecule has 156 valence electrons. The molecule has 6 nitrogen and oxygen atoms in total. The number of halogens is 5. The minimum absolute atomic E-state index is 0.0199. The summed E-state index contributed by atoms with van der Waals surface area (Å²) < 4.78 is 73.4. The second-order valence-electron chi connectivity index (χ2n) is 5.71. The number of hydrogen-bond donors (Lipinski definition) is 1. The van der Waals surface area contributed by atoms with Crippen molar-refractivity contribution in [3.8, 4) is 6.01 Å². The highest BCUT2D eigenvalue weighted by molar-refractivity contribution is 8.00. The summed E-state index contributed by atoms with van der Waals surface area (Å²) in [6.45, 7) is -0.403.